The number of methoxy groups -OCH3 is 2. The van der Waals surface area contributed by atoms with Crippen molar-refractivity contribution in [1.29, 1.82) is 0 Å². The van der Waals surface area contributed by atoms with E-state index in [9.17, 15) is 8.42 Å². The summed E-state index contributed by atoms with van der Waals surface area (Å²) < 4.78 is 39.2. The largest absolute Gasteiger partial charge is 0.497 e. The molecule has 27 heavy (non-hydrogen) atoms. The van der Waals surface area contributed by atoms with Crippen molar-refractivity contribution in [3.8, 4) is 11.5 Å². The minimum absolute atomic E-state index is 0.213. The predicted octanol–water partition coefficient (Wildman–Crippen LogP) is 3.72. The fraction of sp³-hybridized carbons (Fsp3) is 0.200. The van der Waals surface area contributed by atoms with Crippen LogP contribution in [0.4, 0.5) is 11.4 Å². The number of sulfonamides is 1. The van der Waals surface area contributed by atoms with Gasteiger partial charge in [0.05, 0.1) is 24.8 Å². The van der Waals surface area contributed by atoms with Gasteiger partial charge in [-0.1, -0.05) is 24.3 Å². The molecule has 0 heterocycles. The number of benzene rings is 3. The number of ether oxygens (including phenoxy) is 2. The van der Waals surface area contributed by atoms with Gasteiger partial charge in [0, 0.05) is 48.8 Å². The van der Waals surface area contributed by atoms with Crippen molar-refractivity contribution < 1.29 is 17.9 Å². The molecule has 1 N–H and O–H groups in total. The maximum Gasteiger partial charge on any atom is 0.262 e. The van der Waals surface area contributed by atoms with Gasteiger partial charge in [-0.05, 0) is 12.1 Å². The third-order valence-corrected chi connectivity index (χ3v) is 5.67. The predicted molar refractivity (Wildman–Crippen MR) is 109 cm³/mol. The van der Waals surface area contributed by atoms with Crippen LogP contribution in [0.5, 0.6) is 11.5 Å². The Hall–Kier alpha value is -2.93. The zero-order chi connectivity index (χ0) is 19.6. The smallest absolute Gasteiger partial charge is 0.262 e. The summed E-state index contributed by atoms with van der Waals surface area (Å²) in [6.07, 6.45) is 0. The fourth-order valence-electron chi connectivity index (χ4n) is 2.97. The minimum atomic E-state index is -3.81. The minimum Gasteiger partial charge on any atom is -0.497 e. The lowest BCUT2D eigenvalue weighted by atomic mass is 10.1. The molecule has 0 bridgehead atoms. The quantitative estimate of drug-likeness (QED) is 0.699. The number of hydrogen-bond donors (Lipinski definition) is 1. The van der Waals surface area contributed by atoms with E-state index in [2.05, 4.69) is 4.72 Å². The van der Waals surface area contributed by atoms with Crippen LogP contribution in [0, 0.1) is 0 Å². The Morgan fingerprint density at radius 3 is 2.04 bits per heavy atom. The van der Waals surface area contributed by atoms with Crippen molar-refractivity contribution >= 4 is 32.2 Å². The Morgan fingerprint density at radius 1 is 0.852 bits per heavy atom. The standard InChI is InChI=1S/C20H22N2O4S/c1-22(2)19-9-5-8-18-17(19)7-6-10-20(18)27(23,24)21-14-11-15(25-3)13-16(12-14)26-4/h5-13,21H,1-4H3. The number of rotatable bonds is 6. The van der Waals surface area contributed by atoms with Crippen molar-refractivity contribution in [1.82, 2.24) is 0 Å². The molecule has 0 radical (unpaired) electrons. The molecule has 0 unspecified atom stereocenters. The van der Waals surface area contributed by atoms with Crippen LogP contribution in [0.3, 0.4) is 0 Å². The van der Waals surface area contributed by atoms with Gasteiger partial charge in [0.15, 0.2) is 0 Å². The zero-order valence-corrected chi connectivity index (χ0v) is 16.5. The molecular formula is C20H22N2O4S. The molecular weight excluding hydrogens is 364 g/mol. The first-order chi connectivity index (χ1) is 12.9. The van der Waals surface area contributed by atoms with Gasteiger partial charge in [-0.15, -0.1) is 0 Å². The summed E-state index contributed by atoms with van der Waals surface area (Å²) in [5.74, 6) is 1.000. The summed E-state index contributed by atoms with van der Waals surface area (Å²) in [6.45, 7) is 0. The number of nitrogens with one attached hydrogen (secondary N) is 1. The Bertz CT molecular complexity index is 1060. The molecule has 0 aliphatic rings. The fourth-order valence-corrected chi connectivity index (χ4v) is 4.23. The normalized spacial score (nSPS) is 11.3. The third kappa shape index (κ3) is 3.78. The van der Waals surface area contributed by atoms with Crippen LogP contribution >= 0.6 is 0 Å². The summed E-state index contributed by atoms with van der Waals surface area (Å²) in [7, 11) is 3.07. The molecule has 0 atom stereocenters. The van der Waals surface area contributed by atoms with Gasteiger partial charge in [0.2, 0.25) is 0 Å². The van der Waals surface area contributed by atoms with Gasteiger partial charge in [-0.25, -0.2) is 8.42 Å². The van der Waals surface area contributed by atoms with Crippen LogP contribution in [0.15, 0.2) is 59.5 Å². The maximum atomic E-state index is 13.1. The van der Waals surface area contributed by atoms with Gasteiger partial charge >= 0.3 is 0 Å². The Kier molecular flexibility index (Phi) is 5.14. The highest BCUT2D eigenvalue weighted by Gasteiger charge is 2.19. The van der Waals surface area contributed by atoms with E-state index < -0.39 is 10.0 Å². The van der Waals surface area contributed by atoms with E-state index in [4.69, 9.17) is 9.47 Å². The lowest BCUT2D eigenvalue weighted by Gasteiger charge is -2.17. The molecule has 0 aliphatic heterocycles. The molecule has 0 saturated heterocycles. The van der Waals surface area contributed by atoms with E-state index >= 15 is 0 Å². The highest BCUT2D eigenvalue weighted by Crippen LogP contribution is 2.32. The number of hydrogen-bond acceptors (Lipinski definition) is 5. The Morgan fingerprint density at radius 2 is 1.44 bits per heavy atom. The van der Waals surface area contributed by atoms with E-state index in [-0.39, 0.29) is 4.90 Å². The van der Waals surface area contributed by atoms with Crippen LogP contribution in [0.25, 0.3) is 10.8 Å². The van der Waals surface area contributed by atoms with Crippen LogP contribution < -0.4 is 19.1 Å². The average Bonchev–Trinajstić information content (AvgIpc) is 2.66. The summed E-state index contributed by atoms with van der Waals surface area (Å²) in [6, 6.07) is 15.8. The van der Waals surface area contributed by atoms with E-state index in [1.165, 1.54) is 14.2 Å². The number of anilines is 2. The molecule has 0 fully saturated rings. The second kappa shape index (κ2) is 7.36. The van der Waals surface area contributed by atoms with Crippen molar-refractivity contribution in [2.45, 2.75) is 4.90 Å². The number of fused-ring (bicyclic) bond motifs is 1. The molecule has 0 spiro atoms. The highest BCUT2D eigenvalue weighted by atomic mass is 32.2. The summed E-state index contributed by atoms with van der Waals surface area (Å²) >= 11 is 0. The van der Waals surface area contributed by atoms with Crippen molar-refractivity contribution in [2.24, 2.45) is 0 Å². The molecule has 7 heteroatoms. The van der Waals surface area contributed by atoms with Crippen LogP contribution in [0.1, 0.15) is 0 Å². The molecule has 142 valence electrons. The maximum absolute atomic E-state index is 13.1. The topological polar surface area (TPSA) is 67.9 Å². The van der Waals surface area contributed by atoms with Gasteiger partial charge in [0.1, 0.15) is 11.5 Å². The van der Waals surface area contributed by atoms with Crippen molar-refractivity contribution in [2.75, 3.05) is 37.9 Å². The van der Waals surface area contributed by atoms with Crippen molar-refractivity contribution in [3.05, 3.63) is 54.6 Å². The van der Waals surface area contributed by atoms with Gasteiger partial charge in [-0.2, -0.15) is 0 Å². The zero-order valence-electron chi connectivity index (χ0n) is 15.7. The van der Waals surface area contributed by atoms with E-state index in [1.807, 2.05) is 43.3 Å². The molecule has 0 aliphatic carbocycles. The molecule has 0 saturated carbocycles. The first-order valence-electron chi connectivity index (χ1n) is 8.30. The third-order valence-electron chi connectivity index (χ3n) is 4.23. The molecule has 0 aromatic heterocycles. The van der Waals surface area contributed by atoms with Crippen LogP contribution in [-0.4, -0.2) is 36.7 Å². The van der Waals surface area contributed by atoms with Gasteiger partial charge in [0.25, 0.3) is 10.0 Å². The Balaban J connectivity index is 2.10. The molecule has 6 nitrogen and oxygen atoms in total. The van der Waals surface area contributed by atoms with Crippen LogP contribution in [-0.2, 0) is 10.0 Å². The average molecular weight is 386 g/mol. The van der Waals surface area contributed by atoms with E-state index in [1.54, 1.807) is 30.3 Å². The highest BCUT2D eigenvalue weighted by molar-refractivity contribution is 7.93. The molecule has 3 aromatic carbocycles. The van der Waals surface area contributed by atoms with Crippen molar-refractivity contribution in [3.63, 3.8) is 0 Å². The van der Waals surface area contributed by atoms with Gasteiger partial charge < -0.3 is 14.4 Å². The van der Waals surface area contributed by atoms with Crippen LogP contribution in [0.2, 0.25) is 0 Å². The summed E-state index contributed by atoms with van der Waals surface area (Å²) in [5, 5.41) is 1.53. The van der Waals surface area contributed by atoms with E-state index in [0.29, 0.717) is 22.6 Å². The first-order valence-corrected chi connectivity index (χ1v) is 9.79. The Labute approximate surface area is 159 Å². The molecule has 3 aromatic rings. The summed E-state index contributed by atoms with van der Waals surface area (Å²) in [5.41, 5.74) is 1.32. The lowest BCUT2D eigenvalue weighted by molar-refractivity contribution is 0.395. The monoisotopic (exact) mass is 386 g/mol. The first kappa shape index (κ1) is 18.8. The van der Waals surface area contributed by atoms with Gasteiger partial charge in [-0.3, -0.25) is 4.72 Å². The molecule has 3 rings (SSSR count). The molecule has 0 amide bonds. The second-order valence-corrected chi connectivity index (χ2v) is 7.88. The SMILES string of the molecule is COc1cc(NS(=O)(=O)c2cccc3c(N(C)C)cccc23)cc(OC)c1. The second-order valence-electron chi connectivity index (χ2n) is 6.23. The number of nitrogens with zero attached hydrogens (tertiary/aromatic N) is 1. The lowest BCUT2D eigenvalue weighted by Crippen LogP contribution is -2.14. The summed E-state index contributed by atoms with van der Waals surface area (Å²) in [4.78, 5) is 2.17. The van der Waals surface area contributed by atoms with E-state index in [0.717, 1.165) is 11.1 Å².